The number of ether oxygens (including phenoxy) is 1. The molecule has 214 valence electrons. The van der Waals surface area contributed by atoms with Gasteiger partial charge >= 0.3 is 0 Å². The number of aromatic nitrogens is 1. The molecule has 2 unspecified atom stereocenters. The predicted octanol–water partition coefficient (Wildman–Crippen LogP) is 6.40. The number of benzene rings is 3. The molecule has 3 heterocycles. The minimum Gasteiger partial charge on any atom is -0.495 e. The highest BCUT2D eigenvalue weighted by Crippen LogP contribution is 2.39. The van der Waals surface area contributed by atoms with Crippen LogP contribution in [0.5, 0.6) is 5.75 Å². The first-order valence-corrected chi connectivity index (χ1v) is 14.8. The topological polar surface area (TPSA) is 92.7 Å². The Morgan fingerprint density at radius 1 is 0.929 bits per heavy atom. The molecule has 1 aromatic heterocycles. The van der Waals surface area contributed by atoms with Gasteiger partial charge in [0.25, 0.3) is 17.4 Å². The highest BCUT2D eigenvalue weighted by Gasteiger charge is 2.35. The fourth-order valence-corrected chi connectivity index (χ4v) is 6.65. The normalized spacial score (nSPS) is 17.3. The number of halogens is 2. The Labute approximate surface area is 256 Å². The highest BCUT2D eigenvalue weighted by molar-refractivity contribution is 9.10. The number of piperidine rings is 1. The molecule has 3 aromatic carbocycles. The maximum atomic E-state index is 13.4. The van der Waals surface area contributed by atoms with Crippen LogP contribution in [0, 0.1) is 5.92 Å². The average Bonchev–Trinajstić information content (AvgIpc) is 2.98. The van der Waals surface area contributed by atoms with Gasteiger partial charge in [0.15, 0.2) is 0 Å². The maximum absolute atomic E-state index is 13.4. The van der Waals surface area contributed by atoms with E-state index in [2.05, 4.69) is 31.5 Å². The number of anilines is 3. The third kappa shape index (κ3) is 5.54. The van der Waals surface area contributed by atoms with Crippen molar-refractivity contribution in [2.75, 3.05) is 35.7 Å². The second-order valence-electron chi connectivity index (χ2n) is 10.6. The summed E-state index contributed by atoms with van der Waals surface area (Å²) in [5, 5.41) is 6.31. The van der Waals surface area contributed by atoms with Gasteiger partial charge in [-0.1, -0.05) is 29.8 Å². The molecule has 4 aromatic rings. The summed E-state index contributed by atoms with van der Waals surface area (Å²) in [6.07, 6.45) is 1.00. The number of rotatable bonds is 6. The lowest BCUT2D eigenvalue weighted by Gasteiger charge is -2.44. The molecule has 2 amide bonds. The lowest BCUT2D eigenvalue weighted by atomic mass is 9.83. The van der Waals surface area contributed by atoms with Crippen molar-refractivity contribution in [2.24, 2.45) is 5.92 Å². The van der Waals surface area contributed by atoms with E-state index in [0.29, 0.717) is 50.8 Å². The van der Waals surface area contributed by atoms with E-state index in [1.54, 1.807) is 48.5 Å². The minimum absolute atomic E-state index is 0.0329. The minimum atomic E-state index is -0.344. The molecule has 2 atom stereocenters. The Bertz CT molecular complexity index is 1760. The molecule has 0 aliphatic carbocycles. The van der Waals surface area contributed by atoms with Crippen molar-refractivity contribution in [1.82, 2.24) is 4.57 Å². The summed E-state index contributed by atoms with van der Waals surface area (Å²) in [5.41, 5.74) is 3.80. The maximum Gasteiger partial charge on any atom is 0.256 e. The highest BCUT2D eigenvalue weighted by atomic mass is 79.9. The molecule has 0 saturated carbocycles. The SMILES string of the molecule is COc1ccc(NC(=O)c2ccc(N3CC4CC(C3)c3cccc(=O)n3C4)c(NC(=O)c3ccccc3Br)c2)cc1Cl. The first-order valence-electron chi connectivity index (χ1n) is 13.6. The van der Waals surface area contributed by atoms with Crippen LogP contribution in [-0.4, -0.2) is 36.6 Å². The smallest absolute Gasteiger partial charge is 0.256 e. The molecule has 42 heavy (non-hydrogen) atoms. The van der Waals surface area contributed by atoms with Crippen LogP contribution in [0.15, 0.2) is 88.1 Å². The van der Waals surface area contributed by atoms with E-state index < -0.39 is 0 Å². The van der Waals surface area contributed by atoms with Gasteiger partial charge in [-0.3, -0.25) is 14.4 Å². The zero-order valence-corrected chi connectivity index (χ0v) is 25.1. The summed E-state index contributed by atoms with van der Waals surface area (Å²) in [6, 6.07) is 23.0. The molecule has 1 saturated heterocycles. The van der Waals surface area contributed by atoms with Gasteiger partial charge in [-0.25, -0.2) is 0 Å². The number of nitrogens with zero attached hydrogens (tertiary/aromatic N) is 2. The van der Waals surface area contributed by atoms with Crippen molar-refractivity contribution in [3.63, 3.8) is 0 Å². The zero-order chi connectivity index (χ0) is 29.4. The van der Waals surface area contributed by atoms with E-state index in [9.17, 15) is 14.4 Å². The van der Waals surface area contributed by atoms with Crippen molar-refractivity contribution in [3.05, 3.63) is 116 Å². The zero-order valence-electron chi connectivity index (χ0n) is 22.8. The van der Waals surface area contributed by atoms with E-state index >= 15 is 0 Å². The fraction of sp³-hybridized carbons (Fsp3) is 0.219. The molecule has 6 rings (SSSR count). The van der Waals surface area contributed by atoms with Crippen molar-refractivity contribution in [3.8, 4) is 5.75 Å². The largest absolute Gasteiger partial charge is 0.495 e. The molecular formula is C32H28BrClN4O4. The molecule has 2 bridgehead atoms. The Kier molecular flexibility index (Phi) is 7.79. The molecule has 2 aliphatic rings. The number of hydrogen-bond acceptors (Lipinski definition) is 5. The monoisotopic (exact) mass is 646 g/mol. The Morgan fingerprint density at radius 3 is 2.55 bits per heavy atom. The summed E-state index contributed by atoms with van der Waals surface area (Å²) in [5.74, 6) is 0.335. The molecule has 10 heteroatoms. The second-order valence-corrected chi connectivity index (χ2v) is 11.8. The van der Waals surface area contributed by atoms with E-state index in [4.69, 9.17) is 16.3 Å². The van der Waals surface area contributed by atoms with E-state index in [-0.39, 0.29) is 29.2 Å². The number of methoxy groups -OCH3 is 1. The summed E-state index contributed by atoms with van der Waals surface area (Å²) in [4.78, 5) is 41.5. The van der Waals surface area contributed by atoms with Crippen LogP contribution in [0.3, 0.4) is 0 Å². The van der Waals surface area contributed by atoms with Gasteiger partial charge in [0, 0.05) is 53.0 Å². The van der Waals surface area contributed by atoms with Gasteiger partial charge in [-0.15, -0.1) is 0 Å². The summed E-state index contributed by atoms with van der Waals surface area (Å²) in [7, 11) is 1.53. The van der Waals surface area contributed by atoms with Gasteiger partial charge in [0.05, 0.1) is 29.1 Å². The van der Waals surface area contributed by atoms with Gasteiger partial charge in [0.2, 0.25) is 0 Å². The number of hydrogen-bond donors (Lipinski definition) is 2. The quantitative estimate of drug-likeness (QED) is 0.253. The van der Waals surface area contributed by atoms with Crippen molar-refractivity contribution >= 4 is 56.4 Å². The Hall–Kier alpha value is -4.08. The molecule has 0 spiro atoms. The fourth-order valence-electron chi connectivity index (χ4n) is 5.93. The molecule has 1 fully saturated rings. The number of amides is 2. The molecule has 2 N–H and O–H groups in total. The van der Waals surface area contributed by atoms with E-state index in [1.807, 2.05) is 34.9 Å². The van der Waals surface area contributed by atoms with Gasteiger partial charge in [0.1, 0.15) is 5.75 Å². The van der Waals surface area contributed by atoms with E-state index in [0.717, 1.165) is 24.3 Å². The number of carbonyl (C=O) groups is 2. The lowest BCUT2D eigenvalue weighted by Crippen LogP contribution is -2.47. The first kappa shape index (κ1) is 28.1. The molecule has 8 nitrogen and oxygen atoms in total. The number of fused-ring (bicyclic) bond motifs is 4. The number of pyridine rings is 1. The molecule has 0 radical (unpaired) electrons. The van der Waals surface area contributed by atoms with Crippen LogP contribution < -0.4 is 25.8 Å². The van der Waals surface area contributed by atoms with Crippen molar-refractivity contribution < 1.29 is 14.3 Å². The third-order valence-electron chi connectivity index (χ3n) is 7.86. The second kappa shape index (κ2) is 11.7. The predicted molar refractivity (Wildman–Crippen MR) is 168 cm³/mol. The van der Waals surface area contributed by atoms with Crippen LogP contribution in [-0.2, 0) is 6.54 Å². The number of carbonyl (C=O) groups excluding carboxylic acids is 2. The summed E-state index contributed by atoms with van der Waals surface area (Å²) < 4.78 is 7.76. The Morgan fingerprint density at radius 2 is 1.76 bits per heavy atom. The van der Waals surface area contributed by atoms with Gasteiger partial charge in [-0.2, -0.15) is 0 Å². The van der Waals surface area contributed by atoms with Gasteiger partial charge in [-0.05, 0) is 82.9 Å². The van der Waals surface area contributed by atoms with Crippen LogP contribution in [0.4, 0.5) is 17.1 Å². The van der Waals surface area contributed by atoms with Crippen LogP contribution in [0.2, 0.25) is 5.02 Å². The van der Waals surface area contributed by atoms with E-state index in [1.165, 1.54) is 7.11 Å². The standard InChI is InChI=1S/C32H28BrClN4O4/c1-42-29-12-10-22(15-25(29)34)35-31(40)20-9-11-28(26(14-20)36-32(41)23-5-2-3-6-24(23)33)37-16-19-13-21(18-37)27-7-4-8-30(39)38(27)17-19/h2-12,14-15,19,21H,13,16-18H2,1H3,(H,35,40)(H,36,41). The average molecular weight is 648 g/mol. The molecule has 2 aliphatic heterocycles. The summed E-state index contributed by atoms with van der Waals surface area (Å²) >= 11 is 9.71. The van der Waals surface area contributed by atoms with Crippen LogP contribution in [0.1, 0.15) is 38.7 Å². The third-order valence-corrected chi connectivity index (χ3v) is 8.84. The van der Waals surface area contributed by atoms with Crippen molar-refractivity contribution in [2.45, 2.75) is 18.9 Å². The molecular weight excluding hydrogens is 620 g/mol. The first-order chi connectivity index (χ1) is 20.3. The van der Waals surface area contributed by atoms with Crippen molar-refractivity contribution in [1.29, 1.82) is 0 Å². The van der Waals surface area contributed by atoms with Gasteiger partial charge < -0.3 is 24.8 Å². The van der Waals surface area contributed by atoms with Crippen LogP contribution in [0.25, 0.3) is 0 Å². The Balaban J connectivity index is 1.33. The lowest BCUT2D eigenvalue weighted by molar-refractivity contribution is 0.101. The number of nitrogens with one attached hydrogen (secondary N) is 2. The van der Waals surface area contributed by atoms with Crippen LogP contribution >= 0.6 is 27.5 Å². The summed E-state index contributed by atoms with van der Waals surface area (Å²) in [6.45, 7) is 2.07.